The van der Waals surface area contributed by atoms with Gasteiger partial charge in [0.05, 0.1) is 5.69 Å². The van der Waals surface area contributed by atoms with E-state index in [1.807, 2.05) is 0 Å². The van der Waals surface area contributed by atoms with Gasteiger partial charge in [-0.3, -0.25) is 19.8 Å². The summed E-state index contributed by atoms with van der Waals surface area (Å²) in [5.41, 5.74) is 0.449. The number of benzene rings is 2. The molecule has 3 amide bonds. The molecule has 0 fully saturated rings. The highest BCUT2D eigenvalue weighted by molar-refractivity contribution is 6.07. The number of anilines is 3. The second-order valence-electron chi connectivity index (χ2n) is 8.03. The Kier molecular flexibility index (Phi) is 6.14. The third-order valence-electron chi connectivity index (χ3n) is 4.36. The number of nitrogens with one attached hydrogen (secondary N) is 2. The van der Waals surface area contributed by atoms with Crippen molar-refractivity contribution < 1.29 is 28.2 Å². The van der Waals surface area contributed by atoms with Crippen molar-refractivity contribution in [3.63, 3.8) is 0 Å². The van der Waals surface area contributed by atoms with Gasteiger partial charge in [-0.05, 0) is 70.2 Å². The average molecular weight is 429 g/mol. The Bertz CT molecular complexity index is 1000. The van der Waals surface area contributed by atoms with Crippen molar-refractivity contribution in [1.29, 1.82) is 0 Å². The molecule has 3 rings (SSSR count). The van der Waals surface area contributed by atoms with E-state index in [0.29, 0.717) is 22.8 Å². The molecule has 0 bridgehead atoms. The van der Waals surface area contributed by atoms with Crippen LogP contribution in [0.3, 0.4) is 0 Å². The van der Waals surface area contributed by atoms with E-state index < -0.39 is 35.4 Å². The average Bonchev–Trinajstić information content (AvgIpc) is 2.67. The maximum absolute atomic E-state index is 13.1. The zero-order chi connectivity index (χ0) is 22.8. The van der Waals surface area contributed by atoms with Crippen LogP contribution in [0.2, 0.25) is 0 Å². The minimum Gasteiger partial charge on any atom is -0.482 e. The molecule has 2 aromatic carbocycles. The number of nitrogens with zero attached hydrogens (tertiary/aromatic N) is 1. The molecule has 9 heteroatoms. The molecule has 31 heavy (non-hydrogen) atoms. The fraction of sp³-hybridized carbons (Fsp3) is 0.318. The van der Waals surface area contributed by atoms with Crippen LogP contribution in [0.1, 0.15) is 27.7 Å². The Labute approximate surface area is 179 Å². The largest absolute Gasteiger partial charge is 0.482 e. The summed E-state index contributed by atoms with van der Waals surface area (Å²) in [6.45, 7) is 6.58. The summed E-state index contributed by atoms with van der Waals surface area (Å²) in [7, 11) is 0. The SMILES string of the molecule is CC(C(=O)Nc1ccc(F)cc1)N1C(=O)COc2ccc(NC(=O)OC(C)(C)C)cc21. The van der Waals surface area contributed by atoms with Gasteiger partial charge >= 0.3 is 6.09 Å². The van der Waals surface area contributed by atoms with Crippen LogP contribution in [-0.2, 0) is 14.3 Å². The fourth-order valence-corrected chi connectivity index (χ4v) is 2.99. The van der Waals surface area contributed by atoms with Gasteiger partial charge in [-0.15, -0.1) is 0 Å². The Morgan fingerprint density at radius 1 is 1.10 bits per heavy atom. The van der Waals surface area contributed by atoms with Crippen LogP contribution in [-0.4, -0.2) is 36.2 Å². The molecule has 2 aromatic rings. The predicted octanol–water partition coefficient (Wildman–Crippen LogP) is 3.93. The van der Waals surface area contributed by atoms with Gasteiger partial charge in [0.2, 0.25) is 5.91 Å². The lowest BCUT2D eigenvalue weighted by Gasteiger charge is -2.33. The van der Waals surface area contributed by atoms with Crippen LogP contribution in [0.15, 0.2) is 42.5 Å². The second kappa shape index (κ2) is 8.63. The summed E-state index contributed by atoms with van der Waals surface area (Å²) in [6, 6.07) is 9.17. The smallest absolute Gasteiger partial charge is 0.412 e. The molecule has 0 saturated heterocycles. The lowest BCUT2D eigenvalue weighted by Crippen LogP contribution is -2.49. The Hall–Kier alpha value is -3.62. The topological polar surface area (TPSA) is 97.0 Å². The number of amides is 3. The molecule has 0 aliphatic carbocycles. The first-order valence-corrected chi connectivity index (χ1v) is 9.69. The zero-order valence-corrected chi connectivity index (χ0v) is 17.7. The van der Waals surface area contributed by atoms with Crippen molar-refractivity contribution in [1.82, 2.24) is 0 Å². The molecule has 0 radical (unpaired) electrons. The van der Waals surface area contributed by atoms with E-state index >= 15 is 0 Å². The molecule has 2 N–H and O–H groups in total. The van der Waals surface area contributed by atoms with E-state index in [-0.39, 0.29) is 6.61 Å². The minimum atomic E-state index is -0.892. The van der Waals surface area contributed by atoms with Crippen molar-refractivity contribution in [3.8, 4) is 5.75 Å². The first kappa shape index (κ1) is 22.1. The van der Waals surface area contributed by atoms with Gasteiger partial charge in [-0.1, -0.05) is 0 Å². The Morgan fingerprint density at radius 3 is 2.39 bits per heavy atom. The van der Waals surface area contributed by atoms with Crippen LogP contribution >= 0.6 is 0 Å². The lowest BCUT2D eigenvalue weighted by atomic mass is 10.1. The number of hydrogen-bond acceptors (Lipinski definition) is 5. The van der Waals surface area contributed by atoms with Crippen LogP contribution < -0.4 is 20.3 Å². The third kappa shape index (κ3) is 5.50. The molecule has 0 spiro atoms. The van der Waals surface area contributed by atoms with Gasteiger partial charge in [-0.2, -0.15) is 0 Å². The molecule has 164 valence electrons. The molecule has 8 nitrogen and oxygen atoms in total. The van der Waals surface area contributed by atoms with E-state index in [0.717, 1.165) is 0 Å². The number of fused-ring (bicyclic) bond motifs is 1. The summed E-state index contributed by atoms with van der Waals surface area (Å²) < 4.78 is 23.8. The summed E-state index contributed by atoms with van der Waals surface area (Å²) in [4.78, 5) is 38.7. The molecule has 1 heterocycles. The second-order valence-corrected chi connectivity index (χ2v) is 8.03. The molecule has 0 aromatic heterocycles. The molecule has 1 aliphatic rings. The van der Waals surface area contributed by atoms with E-state index in [1.54, 1.807) is 39.8 Å². The monoisotopic (exact) mass is 429 g/mol. The zero-order valence-electron chi connectivity index (χ0n) is 17.7. The fourth-order valence-electron chi connectivity index (χ4n) is 2.99. The van der Waals surface area contributed by atoms with Crippen molar-refractivity contribution in [3.05, 3.63) is 48.3 Å². The summed E-state index contributed by atoms with van der Waals surface area (Å²) in [6.07, 6.45) is -0.649. The van der Waals surface area contributed by atoms with Gasteiger partial charge in [0.15, 0.2) is 6.61 Å². The van der Waals surface area contributed by atoms with E-state index in [2.05, 4.69) is 10.6 Å². The highest BCUT2D eigenvalue weighted by Gasteiger charge is 2.33. The number of carbonyl (C=O) groups is 3. The lowest BCUT2D eigenvalue weighted by molar-refractivity contribution is -0.125. The molecule has 1 atom stereocenters. The van der Waals surface area contributed by atoms with Gasteiger partial charge in [0, 0.05) is 11.4 Å². The highest BCUT2D eigenvalue weighted by Crippen LogP contribution is 2.36. The van der Waals surface area contributed by atoms with Gasteiger partial charge in [0.25, 0.3) is 5.91 Å². The van der Waals surface area contributed by atoms with Gasteiger partial charge < -0.3 is 14.8 Å². The number of ether oxygens (including phenoxy) is 2. The van der Waals surface area contributed by atoms with Crippen LogP contribution in [0.5, 0.6) is 5.75 Å². The van der Waals surface area contributed by atoms with Crippen LogP contribution in [0.4, 0.5) is 26.2 Å². The predicted molar refractivity (Wildman–Crippen MR) is 114 cm³/mol. The maximum Gasteiger partial charge on any atom is 0.412 e. The summed E-state index contributed by atoms with van der Waals surface area (Å²) in [5, 5.41) is 5.27. The van der Waals surface area contributed by atoms with Crippen molar-refractivity contribution in [2.24, 2.45) is 0 Å². The quantitative estimate of drug-likeness (QED) is 0.768. The number of rotatable bonds is 4. The van der Waals surface area contributed by atoms with Crippen molar-refractivity contribution in [2.45, 2.75) is 39.3 Å². The highest BCUT2D eigenvalue weighted by atomic mass is 19.1. The van der Waals surface area contributed by atoms with Gasteiger partial charge in [-0.25, -0.2) is 9.18 Å². The summed E-state index contributed by atoms with van der Waals surface area (Å²) in [5.74, 6) is -0.897. The normalized spacial score (nSPS) is 14.2. The minimum absolute atomic E-state index is 0.222. The number of halogens is 1. The van der Waals surface area contributed by atoms with Gasteiger partial charge in [0.1, 0.15) is 23.2 Å². The molecule has 0 saturated carbocycles. The Morgan fingerprint density at radius 2 is 1.74 bits per heavy atom. The third-order valence-corrected chi connectivity index (χ3v) is 4.36. The Balaban J connectivity index is 1.81. The molecular weight excluding hydrogens is 405 g/mol. The standard InChI is InChI=1S/C22H24FN3O5/c1-13(20(28)24-15-7-5-14(23)6-8-15)26-17-11-16(25-21(29)31-22(2,3)4)9-10-18(17)30-12-19(26)27/h5-11,13H,12H2,1-4H3,(H,24,28)(H,25,29). The van der Waals surface area contributed by atoms with Crippen LogP contribution in [0, 0.1) is 5.82 Å². The van der Waals surface area contributed by atoms with Crippen molar-refractivity contribution in [2.75, 3.05) is 22.1 Å². The van der Waals surface area contributed by atoms with Crippen LogP contribution in [0.25, 0.3) is 0 Å². The van der Waals surface area contributed by atoms with E-state index in [1.165, 1.54) is 35.2 Å². The van der Waals surface area contributed by atoms with E-state index in [9.17, 15) is 18.8 Å². The first-order chi connectivity index (χ1) is 14.5. The molecule has 1 unspecified atom stereocenters. The molecular formula is C22H24FN3O5. The first-order valence-electron chi connectivity index (χ1n) is 9.69. The van der Waals surface area contributed by atoms with Crippen molar-refractivity contribution >= 4 is 35.0 Å². The van der Waals surface area contributed by atoms with E-state index in [4.69, 9.17) is 9.47 Å². The maximum atomic E-state index is 13.1. The number of hydrogen-bond donors (Lipinski definition) is 2. The number of carbonyl (C=O) groups excluding carboxylic acids is 3. The molecule has 1 aliphatic heterocycles. The summed E-state index contributed by atoms with van der Waals surface area (Å²) >= 11 is 0.